The number of phenolic OH excluding ortho intramolecular Hbond substituents is 1. The maximum Gasteiger partial charge on any atom is 0.255 e. The highest BCUT2D eigenvalue weighted by Gasteiger charge is 2.08. The second-order valence-corrected chi connectivity index (χ2v) is 3.63. The molecule has 0 aliphatic carbocycles. The quantitative estimate of drug-likeness (QED) is 0.859. The smallest absolute Gasteiger partial charge is 0.255 e. The third kappa shape index (κ3) is 2.63. The summed E-state index contributed by atoms with van der Waals surface area (Å²) in [4.78, 5) is 11.7. The monoisotopic (exact) mass is 249 g/mol. The predicted molar refractivity (Wildman–Crippen MR) is 62.4 cm³/mol. The molecule has 0 aliphatic heterocycles. The molecular weight excluding hydrogens is 240 g/mol. The van der Waals surface area contributed by atoms with E-state index in [-0.39, 0.29) is 17.0 Å². The van der Waals surface area contributed by atoms with Crippen LogP contribution in [-0.2, 0) is 0 Å². The van der Waals surface area contributed by atoms with Crippen molar-refractivity contribution in [3.8, 4) is 5.75 Å². The zero-order valence-corrected chi connectivity index (χ0v) is 9.15. The van der Waals surface area contributed by atoms with Gasteiger partial charge >= 0.3 is 0 Å². The molecule has 0 fully saturated rings. The van der Waals surface area contributed by atoms with E-state index < -0.39 is 17.5 Å². The zero-order valence-electron chi connectivity index (χ0n) is 9.15. The highest BCUT2D eigenvalue weighted by Crippen LogP contribution is 2.16. The van der Waals surface area contributed by atoms with Crippen molar-refractivity contribution in [2.24, 2.45) is 0 Å². The number of aromatic hydroxyl groups is 1. The summed E-state index contributed by atoms with van der Waals surface area (Å²) in [5.41, 5.74) is 0.363. The Balaban J connectivity index is 2.18. The Bertz CT molecular complexity index is 599. The summed E-state index contributed by atoms with van der Waals surface area (Å²) in [6, 6.07) is 8.76. The van der Waals surface area contributed by atoms with Gasteiger partial charge in [-0.15, -0.1) is 0 Å². The van der Waals surface area contributed by atoms with Crippen molar-refractivity contribution < 1.29 is 18.7 Å². The summed E-state index contributed by atoms with van der Waals surface area (Å²) in [5.74, 6) is -2.58. The van der Waals surface area contributed by atoms with Gasteiger partial charge in [-0.3, -0.25) is 4.79 Å². The minimum Gasteiger partial charge on any atom is -0.508 e. The van der Waals surface area contributed by atoms with Crippen molar-refractivity contribution in [2.75, 3.05) is 5.32 Å². The molecule has 2 rings (SSSR count). The van der Waals surface area contributed by atoms with Crippen LogP contribution in [-0.4, -0.2) is 11.0 Å². The van der Waals surface area contributed by atoms with Gasteiger partial charge in [0, 0.05) is 17.3 Å². The predicted octanol–water partition coefficient (Wildman–Crippen LogP) is 2.92. The van der Waals surface area contributed by atoms with Gasteiger partial charge in [-0.05, 0) is 30.3 Å². The number of anilines is 1. The maximum atomic E-state index is 12.9. The zero-order chi connectivity index (χ0) is 13.1. The highest BCUT2D eigenvalue weighted by molar-refractivity contribution is 6.04. The van der Waals surface area contributed by atoms with E-state index in [4.69, 9.17) is 0 Å². The number of benzene rings is 2. The van der Waals surface area contributed by atoms with Crippen LogP contribution in [0.1, 0.15) is 10.4 Å². The molecule has 0 saturated carbocycles. The highest BCUT2D eigenvalue weighted by atomic mass is 19.2. The first kappa shape index (κ1) is 12.0. The molecule has 2 aromatic rings. The van der Waals surface area contributed by atoms with Crippen LogP contribution in [0, 0.1) is 11.6 Å². The number of amides is 1. The summed E-state index contributed by atoms with van der Waals surface area (Å²) in [6.07, 6.45) is 0. The van der Waals surface area contributed by atoms with E-state index in [9.17, 15) is 18.7 Å². The van der Waals surface area contributed by atoms with E-state index in [1.807, 2.05) is 0 Å². The number of nitrogens with one attached hydrogen (secondary N) is 1. The summed E-state index contributed by atoms with van der Waals surface area (Å²) >= 11 is 0. The summed E-state index contributed by atoms with van der Waals surface area (Å²) in [5, 5.41) is 11.6. The Kier molecular flexibility index (Phi) is 3.23. The van der Waals surface area contributed by atoms with Crippen molar-refractivity contribution in [3.63, 3.8) is 0 Å². The minimum absolute atomic E-state index is 0.0482. The Morgan fingerprint density at radius 2 is 1.83 bits per heavy atom. The average molecular weight is 249 g/mol. The van der Waals surface area contributed by atoms with Gasteiger partial charge in [-0.25, -0.2) is 8.78 Å². The lowest BCUT2D eigenvalue weighted by atomic mass is 10.2. The third-order valence-corrected chi connectivity index (χ3v) is 2.29. The fourth-order valence-corrected chi connectivity index (χ4v) is 1.42. The van der Waals surface area contributed by atoms with Gasteiger partial charge in [0.2, 0.25) is 0 Å². The summed E-state index contributed by atoms with van der Waals surface area (Å²) in [6.45, 7) is 0. The number of carbonyl (C=O) groups is 1. The van der Waals surface area contributed by atoms with Crippen LogP contribution in [0.4, 0.5) is 14.5 Å². The molecule has 0 spiro atoms. The maximum absolute atomic E-state index is 12.9. The largest absolute Gasteiger partial charge is 0.508 e. The molecule has 0 atom stereocenters. The van der Waals surface area contributed by atoms with Crippen LogP contribution >= 0.6 is 0 Å². The molecule has 0 aliphatic rings. The van der Waals surface area contributed by atoms with Gasteiger partial charge in [-0.2, -0.15) is 0 Å². The van der Waals surface area contributed by atoms with E-state index in [0.717, 1.165) is 12.1 Å². The average Bonchev–Trinajstić information content (AvgIpc) is 2.34. The number of rotatable bonds is 2. The van der Waals surface area contributed by atoms with Crippen molar-refractivity contribution in [2.45, 2.75) is 0 Å². The Morgan fingerprint density at radius 1 is 1.06 bits per heavy atom. The Labute approximate surface area is 102 Å². The molecule has 0 bridgehead atoms. The fourth-order valence-electron chi connectivity index (χ4n) is 1.42. The van der Waals surface area contributed by atoms with Crippen LogP contribution in [0.25, 0.3) is 0 Å². The van der Waals surface area contributed by atoms with Crippen LogP contribution < -0.4 is 5.32 Å². The summed E-state index contributed by atoms with van der Waals surface area (Å²) < 4.78 is 25.6. The Morgan fingerprint density at radius 3 is 2.50 bits per heavy atom. The van der Waals surface area contributed by atoms with Crippen molar-refractivity contribution in [3.05, 3.63) is 59.7 Å². The SMILES string of the molecule is O=C(Nc1ccc(F)c(F)c1)c1cccc(O)c1. The van der Waals surface area contributed by atoms with Crippen LogP contribution in [0.2, 0.25) is 0 Å². The summed E-state index contributed by atoms with van der Waals surface area (Å²) in [7, 11) is 0. The van der Waals surface area contributed by atoms with Crippen molar-refractivity contribution in [1.82, 2.24) is 0 Å². The van der Waals surface area contributed by atoms with Crippen LogP contribution in [0.3, 0.4) is 0 Å². The lowest BCUT2D eigenvalue weighted by Gasteiger charge is -2.05. The molecule has 0 heterocycles. The minimum atomic E-state index is -1.04. The van der Waals surface area contributed by atoms with E-state index >= 15 is 0 Å². The third-order valence-electron chi connectivity index (χ3n) is 2.29. The first-order valence-corrected chi connectivity index (χ1v) is 5.12. The first-order valence-electron chi connectivity index (χ1n) is 5.12. The number of halogens is 2. The van der Waals surface area contributed by atoms with Gasteiger partial charge in [0.15, 0.2) is 11.6 Å². The molecule has 0 saturated heterocycles. The molecule has 18 heavy (non-hydrogen) atoms. The fraction of sp³-hybridized carbons (Fsp3) is 0. The van der Waals surface area contributed by atoms with Gasteiger partial charge in [0.05, 0.1) is 0 Å². The number of hydrogen-bond donors (Lipinski definition) is 2. The van der Waals surface area contributed by atoms with E-state index in [1.165, 1.54) is 30.3 Å². The van der Waals surface area contributed by atoms with E-state index in [1.54, 1.807) is 0 Å². The van der Waals surface area contributed by atoms with E-state index in [2.05, 4.69) is 5.32 Å². The second-order valence-electron chi connectivity index (χ2n) is 3.63. The molecule has 3 nitrogen and oxygen atoms in total. The lowest BCUT2D eigenvalue weighted by Crippen LogP contribution is -2.11. The van der Waals surface area contributed by atoms with Gasteiger partial charge < -0.3 is 10.4 Å². The van der Waals surface area contributed by atoms with Crippen molar-refractivity contribution in [1.29, 1.82) is 0 Å². The lowest BCUT2D eigenvalue weighted by molar-refractivity contribution is 0.102. The van der Waals surface area contributed by atoms with Crippen molar-refractivity contribution >= 4 is 11.6 Å². The van der Waals surface area contributed by atoms with E-state index in [0.29, 0.717) is 0 Å². The first-order chi connectivity index (χ1) is 8.56. The Hall–Kier alpha value is -2.43. The molecule has 2 aromatic carbocycles. The topological polar surface area (TPSA) is 49.3 Å². The van der Waals surface area contributed by atoms with Gasteiger partial charge in [0.1, 0.15) is 5.75 Å². The van der Waals surface area contributed by atoms with Gasteiger partial charge in [0.25, 0.3) is 5.91 Å². The molecule has 0 radical (unpaired) electrons. The number of phenols is 1. The molecule has 0 unspecified atom stereocenters. The molecule has 92 valence electrons. The molecular formula is C13H9F2NO2. The molecule has 0 aromatic heterocycles. The normalized spacial score (nSPS) is 10.1. The van der Waals surface area contributed by atoms with Crippen LogP contribution in [0.5, 0.6) is 5.75 Å². The molecule has 5 heteroatoms. The number of hydrogen-bond acceptors (Lipinski definition) is 2. The van der Waals surface area contributed by atoms with Gasteiger partial charge in [-0.1, -0.05) is 6.07 Å². The molecule has 1 amide bonds. The van der Waals surface area contributed by atoms with Crippen LogP contribution in [0.15, 0.2) is 42.5 Å². The molecule has 2 N–H and O–H groups in total. The number of carbonyl (C=O) groups excluding carboxylic acids is 1. The standard InChI is InChI=1S/C13H9F2NO2/c14-11-5-4-9(7-12(11)15)16-13(18)8-2-1-3-10(17)6-8/h1-7,17H,(H,16,18). The second kappa shape index (κ2) is 4.83.